The quantitative estimate of drug-likeness (QED) is 0.369. The second-order valence-corrected chi connectivity index (χ2v) is 7.22. The largest absolute Gasteiger partial charge is 0.361 e. The molecule has 3 N–H and O–H groups in total. The van der Waals surface area contributed by atoms with Crippen molar-refractivity contribution >= 4 is 34.4 Å². The summed E-state index contributed by atoms with van der Waals surface area (Å²) >= 11 is 6.12. The fourth-order valence-electron chi connectivity index (χ4n) is 3.41. The Labute approximate surface area is 165 Å². The van der Waals surface area contributed by atoms with Crippen molar-refractivity contribution in [2.75, 3.05) is 32.7 Å². The monoisotopic (exact) mass is 389 g/mol. The van der Waals surface area contributed by atoms with Crippen LogP contribution < -0.4 is 10.6 Å². The number of rotatable bonds is 8. The molecule has 1 aromatic heterocycles. The molecule has 27 heavy (non-hydrogen) atoms. The number of aromatic nitrogens is 1. The van der Waals surface area contributed by atoms with Crippen molar-refractivity contribution in [2.24, 2.45) is 4.99 Å². The zero-order valence-electron chi connectivity index (χ0n) is 15.9. The van der Waals surface area contributed by atoms with Crippen LogP contribution in [0.1, 0.15) is 31.7 Å². The van der Waals surface area contributed by atoms with Crippen LogP contribution in [0.2, 0.25) is 5.02 Å². The van der Waals surface area contributed by atoms with Crippen molar-refractivity contribution in [3.8, 4) is 0 Å². The smallest absolute Gasteiger partial charge is 0.222 e. The van der Waals surface area contributed by atoms with Gasteiger partial charge in [-0.3, -0.25) is 9.79 Å². The Hall–Kier alpha value is -2.21. The lowest BCUT2D eigenvalue weighted by atomic mass is 10.1. The van der Waals surface area contributed by atoms with E-state index in [2.05, 4.69) is 27.5 Å². The maximum atomic E-state index is 11.6. The molecule has 0 aliphatic carbocycles. The van der Waals surface area contributed by atoms with Crippen molar-refractivity contribution in [1.82, 2.24) is 20.5 Å². The summed E-state index contributed by atoms with van der Waals surface area (Å²) in [5, 5.41) is 8.58. The topological polar surface area (TPSA) is 72.5 Å². The van der Waals surface area contributed by atoms with Gasteiger partial charge in [0.15, 0.2) is 5.96 Å². The van der Waals surface area contributed by atoms with Crippen LogP contribution in [0.4, 0.5) is 0 Å². The molecular formula is C20H28ClN5O. The molecule has 1 saturated heterocycles. The first kappa shape index (κ1) is 19.5. The van der Waals surface area contributed by atoms with E-state index >= 15 is 0 Å². The van der Waals surface area contributed by atoms with Gasteiger partial charge in [0.1, 0.15) is 0 Å². The number of hydrogen-bond donors (Lipinski definition) is 3. The zero-order valence-corrected chi connectivity index (χ0v) is 16.6. The normalized spacial score (nSPS) is 15.0. The summed E-state index contributed by atoms with van der Waals surface area (Å²) in [5.41, 5.74) is 2.34. The summed E-state index contributed by atoms with van der Waals surface area (Å²) in [5.74, 6) is 1.10. The number of likely N-dealkylation sites (tertiary alicyclic amines) is 1. The molecule has 1 amide bonds. The van der Waals surface area contributed by atoms with Gasteiger partial charge in [-0.25, -0.2) is 0 Å². The predicted molar refractivity (Wildman–Crippen MR) is 111 cm³/mol. The standard InChI is InChI=1S/C20H28ClN5O/c1-2-22-20(23-9-4-12-26-11-3-5-19(26)27)24-10-8-15-14-25-18-7-6-16(21)13-17(15)18/h6-7,13-14,25H,2-5,8-12H2,1H3,(H2,22,23,24). The van der Waals surface area contributed by atoms with Crippen molar-refractivity contribution < 1.29 is 4.79 Å². The Balaban J connectivity index is 1.47. The summed E-state index contributed by atoms with van der Waals surface area (Å²) in [4.78, 5) is 21.5. The maximum absolute atomic E-state index is 11.6. The summed E-state index contributed by atoms with van der Waals surface area (Å²) in [6.07, 6.45) is 5.51. The summed E-state index contributed by atoms with van der Waals surface area (Å²) in [6, 6.07) is 5.90. The molecule has 0 atom stereocenters. The lowest BCUT2D eigenvalue weighted by Gasteiger charge is -2.15. The Morgan fingerprint density at radius 3 is 3.04 bits per heavy atom. The van der Waals surface area contributed by atoms with E-state index in [0.29, 0.717) is 13.0 Å². The van der Waals surface area contributed by atoms with E-state index in [4.69, 9.17) is 11.6 Å². The average molecular weight is 390 g/mol. The second-order valence-electron chi connectivity index (χ2n) is 6.78. The van der Waals surface area contributed by atoms with Gasteiger partial charge in [0.25, 0.3) is 0 Å². The van der Waals surface area contributed by atoms with E-state index in [0.717, 1.165) is 61.9 Å². The molecule has 7 heteroatoms. The van der Waals surface area contributed by atoms with Crippen molar-refractivity contribution in [1.29, 1.82) is 0 Å². The number of aliphatic imine (C=N–C) groups is 1. The Kier molecular flexibility index (Phi) is 6.98. The van der Waals surface area contributed by atoms with E-state index < -0.39 is 0 Å². The number of aromatic amines is 1. The number of amides is 1. The number of carbonyl (C=O) groups excluding carboxylic acids is 1. The van der Waals surface area contributed by atoms with Gasteiger partial charge in [-0.15, -0.1) is 0 Å². The molecule has 0 bridgehead atoms. The highest BCUT2D eigenvalue weighted by atomic mass is 35.5. The number of nitrogens with zero attached hydrogens (tertiary/aromatic N) is 2. The van der Waals surface area contributed by atoms with Gasteiger partial charge in [0, 0.05) is 61.3 Å². The van der Waals surface area contributed by atoms with Gasteiger partial charge in [0.05, 0.1) is 0 Å². The Morgan fingerprint density at radius 1 is 1.37 bits per heavy atom. The molecule has 146 valence electrons. The molecule has 3 rings (SSSR count). The van der Waals surface area contributed by atoms with Crippen molar-refractivity contribution in [3.63, 3.8) is 0 Å². The van der Waals surface area contributed by atoms with Gasteiger partial charge in [-0.2, -0.15) is 0 Å². The van der Waals surface area contributed by atoms with Crippen LogP contribution in [0, 0.1) is 0 Å². The molecule has 2 aromatic rings. The lowest BCUT2D eigenvalue weighted by molar-refractivity contribution is -0.127. The van der Waals surface area contributed by atoms with Gasteiger partial charge >= 0.3 is 0 Å². The van der Waals surface area contributed by atoms with Gasteiger partial charge in [-0.05, 0) is 49.9 Å². The molecule has 0 unspecified atom stereocenters. The molecule has 0 radical (unpaired) electrons. The van der Waals surface area contributed by atoms with E-state index in [9.17, 15) is 4.79 Å². The lowest BCUT2D eigenvalue weighted by Crippen LogP contribution is -2.38. The molecule has 0 saturated carbocycles. The highest BCUT2D eigenvalue weighted by Crippen LogP contribution is 2.22. The number of H-pyrrole nitrogens is 1. The second kappa shape index (κ2) is 9.65. The number of carbonyl (C=O) groups is 1. The van der Waals surface area contributed by atoms with Gasteiger partial charge in [-0.1, -0.05) is 11.6 Å². The van der Waals surface area contributed by atoms with Crippen LogP contribution in [0.3, 0.4) is 0 Å². The first-order chi connectivity index (χ1) is 13.2. The first-order valence-electron chi connectivity index (χ1n) is 9.73. The van der Waals surface area contributed by atoms with E-state index in [-0.39, 0.29) is 5.91 Å². The fraction of sp³-hybridized carbons (Fsp3) is 0.500. The number of guanidine groups is 1. The van der Waals surface area contributed by atoms with Gasteiger partial charge < -0.3 is 20.5 Å². The SMILES string of the molecule is CCNC(=NCCCN1CCCC1=O)NCCc1c[nH]c2ccc(Cl)cc12. The minimum absolute atomic E-state index is 0.280. The Bertz CT molecular complexity index is 801. The minimum Gasteiger partial charge on any atom is -0.361 e. The fourth-order valence-corrected chi connectivity index (χ4v) is 3.58. The van der Waals surface area contributed by atoms with E-state index in [1.54, 1.807) is 0 Å². The highest BCUT2D eigenvalue weighted by Gasteiger charge is 2.18. The highest BCUT2D eigenvalue weighted by molar-refractivity contribution is 6.31. The van der Waals surface area contributed by atoms with E-state index in [1.165, 1.54) is 10.9 Å². The number of hydrogen-bond acceptors (Lipinski definition) is 2. The number of benzene rings is 1. The number of nitrogens with one attached hydrogen (secondary N) is 3. The molecular weight excluding hydrogens is 362 g/mol. The predicted octanol–water partition coefficient (Wildman–Crippen LogP) is 2.93. The Morgan fingerprint density at radius 2 is 2.26 bits per heavy atom. The molecule has 1 aliphatic heterocycles. The maximum Gasteiger partial charge on any atom is 0.222 e. The van der Waals surface area contributed by atoms with Crippen LogP contribution in [-0.2, 0) is 11.2 Å². The van der Waals surface area contributed by atoms with Gasteiger partial charge in [0.2, 0.25) is 5.91 Å². The number of fused-ring (bicyclic) bond motifs is 1. The third kappa shape index (κ3) is 5.39. The summed E-state index contributed by atoms with van der Waals surface area (Å²) < 4.78 is 0. The summed E-state index contributed by atoms with van der Waals surface area (Å²) in [6.45, 7) is 6.08. The average Bonchev–Trinajstić information content (AvgIpc) is 3.24. The molecule has 1 aliphatic rings. The molecule has 1 aromatic carbocycles. The minimum atomic E-state index is 0.280. The van der Waals surface area contributed by atoms with E-state index in [1.807, 2.05) is 29.3 Å². The molecule has 6 nitrogen and oxygen atoms in total. The molecule has 1 fully saturated rings. The molecule has 2 heterocycles. The third-order valence-electron chi connectivity index (χ3n) is 4.79. The third-order valence-corrected chi connectivity index (χ3v) is 5.02. The van der Waals surface area contributed by atoms with Crippen LogP contribution in [-0.4, -0.2) is 54.5 Å². The summed E-state index contributed by atoms with van der Waals surface area (Å²) in [7, 11) is 0. The molecule has 0 spiro atoms. The van der Waals surface area contributed by atoms with Crippen molar-refractivity contribution in [2.45, 2.75) is 32.6 Å². The van der Waals surface area contributed by atoms with Crippen LogP contribution in [0.25, 0.3) is 10.9 Å². The van der Waals surface area contributed by atoms with Crippen LogP contribution in [0.5, 0.6) is 0 Å². The number of halogens is 1. The first-order valence-corrected chi connectivity index (χ1v) is 10.1. The zero-order chi connectivity index (χ0) is 19.1. The van der Waals surface area contributed by atoms with Crippen molar-refractivity contribution in [3.05, 3.63) is 35.0 Å². The van der Waals surface area contributed by atoms with Crippen LogP contribution >= 0.6 is 11.6 Å². The van der Waals surface area contributed by atoms with Crippen LogP contribution in [0.15, 0.2) is 29.4 Å².